The fourth-order valence-electron chi connectivity index (χ4n) is 5.69. The third kappa shape index (κ3) is 6.07. The lowest BCUT2D eigenvalue weighted by molar-refractivity contribution is -0.150. The van der Waals surface area contributed by atoms with E-state index >= 15 is 0 Å². The predicted octanol–water partition coefficient (Wildman–Crippen LogP) is 5.42. The Labute approximate surface area is 281 Å². The number of aromatic nitrogens is 1. The molecule has 6 rings (SSSR count). The highest BCUT2D eigenvalue weighted by Gasteiger charge is 2.54. The minimum atomic E-state index is -3.33. The van der Waals surface area contributed by atoms with Crippen molar-refractivity contribution in [2.45, 2.75) is 23.6 Å². The number of alkyl halides is 2. The molecule has 3 heterocycles. The number of halogens is 2. The monoisotopic (exact) mass is 687 g/mol. The van der Waals surface area contributed by atoms with E-state index in [1.807, 2.05) is 91.0 Å². The molecule has 244 valence electrons. The zero-order valence-electron chi connectivity index (χ0n) is 25.0. The molecule has 0 spiro atoms. The number of carbonyl (C=O) groups excluding carboxylic acids is 2. The number of oxime groups is 1. The minimum Gasteiger partial charge on any atom is -0.477 e. The van der Waals surface area contributed by atoms with Crippen molar-refractivity contribution in [3.8, 4) is 0 Å². The van der Waals surface area contributed by atoms with E-state index in [4.69, 9.17) is 0 Å². The van der Waals surface area contributed by atoms with E-state index in [1.165, 1.54) is 23.2 Å². The molecule has 1 aromatic heterocycles. The third-order valence-corrected chi connectivity index (χ3v) is 9.89. The van der Waals surface area contributed by atoms with Gasteiger partial charge in [-0.25, -0.2) is 9.78 Å². The average Bonchev–Trinajstić information content (AvgIpc) is 3.57. The summed E-state index contributed by atoms with van der Waals surface area (Å²) in [6.07, 6.45) is 1.37. The highest BCUT2D eigenvalue weighted by atomic mass is 32.2. The molecule has 1 fully saturated rings. The lowest BCUT2D eigenvalue weighted by atomic mass is 9.77. The Morgan fingerprint density at radius 2 is 1.58 bits per heavy atom. The third-order valence-electron chi connectivity index (χ3n) is 7.83. The number of anilines is 1. The van der Waals surface area contributed by atoms with Crippen LogP contribution in [0.4, 0.5) is 13.9 Å². The van der Waals surface area contributed by atoms with Crippen molar-refractivity contribution in [1.82, 2.24) is 15.2 Å². The first-order valence-electron chi connectivity index (χ1n) is 14.5. The van der Waals surface area contributed by atoms with E-state index in [1.54, 1.807) is 0 Å². The number of amides is 2. The van der Waals surface area contributed by atoms with Crippen molar-refractivity contribution in [3.05, 3.63) is 143 Å². The number of thiazole rings is 1. The molecule has 0 aliphatic carbocycles. The largest absolute Gasteiger partial charge is 0.477 e. The molecule has 3 aromatic carbocycles. The first-order chi connectivity index (χ1) is 23.2. The molecule has 1 saturated heterocycles. The van der Waals surface area contributed by atoms with Gasteiger partial charge in [0.2, 0.25) is 0 Å². The van der Waals surface area contributed by atoms with E-state index in [9.17, 15) is 28.3 Å². The maximum Gasteiger partial charge on any atom is 0.407 e. The lowest BCUT2D eigenvalue weighted by Gasteiger charge is -2.49. The molecule has 2 aliphatic rings. The molecule has 2 amide bonds. The summed E-state index contributed by atoms with van der Waals surface area (Å²) >= 11 is 2.35. The van der Waals surface area contributed by atoms with Crippen LogP contribution in [0.15, 0.2) is 125 Å². The van der Waals surface area contributed by atoms with Gasteiger partial charge in [-0.3, -0.25) is 14.5 Å². The van der Waals surface area contributed by atoms with E-state index in [2.05, 4.69) is 32.2 Å². The highest BCUT2D eigenvalue weighted by Crippen LogP contribution is 2.42. The van der Waals surface area contributed by atoms with Gasteiger partial charge < -0.3 is 20.6 Å². The van der Waals surface area contributed by atoms with Crippen molar-refractivity contribution in [3.63, 3.8) is 0 Å². The van der Waals surface area contributed by atoms with Crippen molar-refractivity contribution >= 4 is 51.7 Å². The molecule has 14 heteroatoms. The average molecular weight is 688 g/mol. The Balaban J connectivity index is 1.33. The van der Waals surface area contributed by atoms with Gasteiger partial charge >= 0.3 is 12.6 Å². The van der Waals surface area contributed by atoms with Crippen molar-refractivity contribution in [1.29, 1.82) is 0 Å². The van der Waals surface area contributed by atoms with Gasteiger partial charge in [0.1, 0.15) is 28.3 Å². The van der Waals surface area contributed by atoms with Crippen LogP contribution in [0.3, 0.4) is 0 Å². The molecule has 2 aliphatic heterocycles. The number of nitrogens with one attached hydrogen (secondary N) is 2. The second kappa shape index (κ2) is 13.8. The lowest BCUT2D eigenvalue weighted by Crippen LogP contribution is -2.71. The summed E-state index contributed by atoms with van der Waals surface area (Å²) < 4.78 is 26.3. The molecular formula is C34H27F2N5O5S2. The maximum absolute atomic E-state index is 13.5. The number of nitrogens with zero attached hydrogens (tertiary/aromatic N) is 3. The molecule has 0 radical (unpaired) electrons. The van der Waals surface area contributed by atoms with Gasteiger partial charge in [0.05, 0.1) is 0 Å². The smallest absolute Gasteiger partial charge is 0.407 e. The Morgan fingerprint density at radius 1 is 1.02 bits per heavy atom. The SMILES string of the molecule is C=CC1=C(C(=O)O)N2C(=O)C(NC(=O)C(=NOC(F)F)c3csc(NC(c4ccccc4)(c4ccccc4)c4ccccc4)n3)[C@H]2SC1. The normalized spacial score (nSPS) is 17.8. The number of hydrogen-bond donors (Lipinski definition) is 3. The molecule has 0 saturated carbocycles. The highest BCUT2D eigenvalue weighted by molar-refractivity contribution is 8.00. The van der Waals surface area contributed by atoms with E-state index in [-0.39, 0.29) is 17.1 Å². The Bertz CT molecular complexity index is 1810. The van der Waals surface area contributed by atoms with Gasteiger partial charge in [-0.15, -0.1) is 23.1 Å². The number of β-lactam (4-membered cyclic amide) rings is 1. The van der Waals surface area contributed by atoms with E-state index in [0.29, 0.717) is 10.7 Å². The topological polar surface area (TPSA) is 133 Å². The van der Waals surface area contributed by atoms with Crippen molar-refractivity contribution in [2.75, 3.05) is 11.1 Å². The summed E-state index contributed by atoms with van der Waals surface area (Å²) in [7, 11) is 0. The van der Waals surface area contributed by atoms with Crippen LogP contribution in [0.25, 0.3) is 0 Å². The fourth-order valence-corrected chi connectivity index (χ4v) is 7.78. The molecule has 48 heavy (non-hydrogen) atoms. The molecule has 0 bridgehead atoms. The fraction of sp³-hybridized carbons (Fsp3) is 0.147. The van der Waals surface area contributed by atoms with Crippen LogP contribution in [0.1, 0.15) is 22.4 Å². The van der Waals surface area contributed by atoms with Gasteiger partial charge in [0.15, 0.2) is 10.8 Å². The first kappa shape index (κ1) is 32.6. The quantitative estimate of drug-likeness (QED) is 0.0780. The Kier molecular flexibility index (Phi) is 9.37. The summed E-state index contributed by atoms with van der Waals surface area (Å²) in [6.45, 7) is 0.284. The zero-order valence-corrected chi connectivity index (χ0v) is 26.6. The summed E-state index contributed by atoms with van der Waals surface area (Å²) in [4.78, 5) is 48.3. The number of aliphatic carboxylic acids is 1. The van der Waals surface area contributed by atoms with Gasteiger partial charge in [0.25, 0.3) is 11.8 Å². The van der Waals surface area contributed by atoms with Gasteiger partial charge in [-0.2, -0.15) is 8.78 Å². The summed E-state index contributed by atoms with van der Waals surface area (Å²) in [6, 6.07) is 28.0. The van der Waals surface area contributed by atoms with Crippen LogP contribution >= 0.6 is 23.1 Å². The number of carbonyl (C=O) groups is 3. The second-order valence-corrected chi connectivity index (χ2v) is 12.5. The predicted molar refractivity (Wildman–Crippen MR) is 178 cm³/mol. The number of benzene rings is 3. The number of rotatable bonds is 12. The van der Waals surface area contributed by atoms with Crippen molar-refractivity contribution in [2.24, 2.45) is 5.16 Å². The van der Waals surface area contributed by atoms with Gasteiger partial charge in [0, 0.05) is 11.1 Å². The van der Waals surface area contributed by atoms with Crippen LogP contribution in [0, 0.1) is 0 Å². The van der Waals surface area contributed by atoms with Crippen LogP contribution in [-0.2, 0) is 24.8 Å². The summed E-state index contributed by atoms with van der Waals surface area (Å²) in [5.41, 5.74) is 1.19. The number of carboxylic acids is 1. The van der Waals surface area contributed by atoms with Crippen LogP contribution in [0.5, 0.6) is 0 Å². The van der Waals surface area contributed by atoms with E-state index < -0.39 is 47.1 Å². The maximum atomic E-state index is 13.5. The first-order valence-corrected chi connectivity index (χ1v) is 16.4. The standard InChI is InChI=1S/C34H27F2N5O5S2/c1-2-20-18-47-30-26(29(43)41(30)27(20)31(44)45)38-28(42)25(40-46-32(35)36)24-19-48-33(37-24)39-34(21-12-6-3-7-13-21,22-14-8-4-9-15-22)23-16-10-5-11-17-23/h2-17,19,26,30,32H,1,18H2,(H,37,39)(H,38,42)(H,44,45)/t26?,30-/m1/s1. The number of fused-ring (bicyclic) bond motifs is 1. The van der Waals surface area contributed by atoms with Crippen LogP contribution in [0.2, 0.25) is 0 Å². The Hall–Kier alpha value is -5.34. The molecule has 2 atom stereocenters. The number of allylic oxidation sites excluding steroid dienone is 1. The van der Waals surface area contributed by atoms with E-state index in [0.717, 1.165) is 32.9 Å². The summed E-state index contributed by atoms with van der Waals surface area (Å²) in [5.74, 6) is -2.73. The zero-order chi connectivity index (χ0) is 33.8. The van der Waals surface area contributed by atoms with Gasteiger partial charge in [-0.05, 0) is 22.3 Å². The number of thioether (sulfide) groups is 1. The summed E-state index contributed by atoms with van der Waals surface area (Å²) in [5, 5.41) is 20.2. The van der Waals surface area contributed by atoms with Crippen LogP contribution in [-0.4, -0.2) is 62.3 Å². The Morgan fingerprint density at radius 3 is 2.08 bits per heavy atom. The molecule has 3 N–H and O–H groups in total. The molecule has 10 nitrogen and oxygen atoms in total. The second-order valence-electron chi connectivity index (χ2n) is 10.6. The number of carboxylic acid groups (broad SMARTS) is 1. The van der Waals surface area contributed by atoms with Crippen molar-refractivity contribution < 1.29 is 33.1 Å². The van der Waals surface area contributed by atoms with Gasteiger partial charge in [-0.1, -0.05) is 109 Å². The molecular weight excluding hydrogens is 661 g/mol. The van der Waals surface area contributed by atoms with Crippen LogP contribution < -0.4 is 10.6 Å². The molecule has 1 unspecified atom stereocenters. The minimum absolute atomic E-state index is 0.0799. The molecule has 4 aromatic rings. The number of hydrogen-bond acceptors (Lipinski definition) is 9.